The van der Waals surface area contributed by atoms with E-state index in [2.05, 4.69) is 4.98 Å². The molecule has 1 N–H and O–H groups in total. The van der Waals surface area contributed by atoms with Crippen LogP contribution in [0.25, 0.3) is 10.9 Å². The first kappa shape index (κ1) is 15.7. The lowest BCUT2D eigenvalue weighted by atomic mass is 9.82. The normalized spacial score (nSPS) is 22.5. The van der Waals surface area contributed by atoms with Gasteiger partial charge in [-0.1, -0.05) is 0 Å². The summed E-state index contributed by atoms with van der Waals surface area (Å²) in [5.74, 6) is 0.806. The zero-order valence-corrected chi connectivity index (χ0v) is 14.2. The van der Waals surface area contributed by atoms with E-state index in [0.29, 0.717) is 6.61 Å². The summed E-state index contributed by atoms with van der Waals surface area (Å²) in [7, 11) is 0. The number of benzene rings is 1. The number of hydrogen-bond acceptors (Lipinski definition) is 4. The molecule has 1 atom stereocenters. The van der Waals surface area contributed by atoms with Gasteiger partial charge in [-0.3, -0.25) is 4.79 Å². The molecular formula is C19H23NO4. The molecule has 3 heterocycles. The summed E-state index contributed by atoms with van der Waals surface area (Å²) in [4.78, 5) is 14.7. The van der Waals surface area contributed by atoms with Gasteiger partial charge in [0.1, 0.15) is 12.4 Å². The van der Waals surface area contributed by atoms with E-state index in [1.165, 1.54) is 0 Å². The number of H-pyrrole nitrogens is 1. The Morgan fingerprint density at radius 1 is 1.29 bits per heavy atom. The maximum atomic E-state index is 11.7. The molecule has 1 unspecified atom stereocenters. The lowest BCUT2D eigenvalue weighted by Crippen LogP contribution is -2.55. The second-order valence-electron chi connectivity index (χ2n) is 6.98. The summed E-state index contributed by atoms with van der Waals surface area (Å²) >= 11 is 0. The molecule has 2 aromatic rings. The molecule has 0 bridgehead atoms. The average molecular weight is 329 g/mol. The number of rotatable bonds is 3. The number of aromatic nitrogens is 1. The molecule has 2 fully saturated rings. The van der Waals surface area contributed by atoms with Crippen LogP contribution in [0.1, 0.15) is 30.4 Å². The Bertz CT molecular complexity index is 812. The van der Waals surface area contributed by atoms with Crippen LogP contribution in [0.2, 0.25) is 0 Å². The van der Waals surface area contributed by atoms with Crippen LogP contribution in [0.3, 0.4) is 0 Å². The maximum Gasteiger partial charge on any atom is 0.248 e. The van der Waals surface area contributed by atoms with Crippen LogP contribution < -0.4 is 10.3 Å². The number of aromatic amines is 1. The van der Waals surface area contributed by atoms with E-state index in [4.69, 9.17) is 14.2 Å². The summed E-state index contributed by atoms with van der Waals surface area (Å²) in [5, 5.41) is 1.06. The van der Waals surface area contributed by atoms with Gasteiger partial charge in [-0.15, -0.1) is 0 Å². The second-order valence-corrected chi connectivity index (χ2v) is 6.98. The Kier molecular flexibility index (Phi) is 3.85. The van der Waals surface area contributed by atoms with Gasteiger partial charge in [-0.2, -0.15) is 0 Å². The Balaban J connectivity index is 1.46. The van der Waals surface area contributed by atoms with Gasteiger partial charge in [0.25, 0.3) is 0 Å². The minimum Gasteiger partial charge on any atom is -0.491 e. The van der Waals surface area contributed by atoms with Crippen molar-refractivity contribution in [1.29, 1.82) is 0 Å². The van der Waals surface area contributed by atoms with Crippen molar-refractivity contribution in [3.8, 4) is 5.75 Å². The highest BCUT2D eigenvalue weighted by molar-refractivity contribution is 5.86. The first-order valence-electron chi connectivity index (χ1n) is 8.58. The van der Waals surface area contributed by atoms with Crippen molar-refractivity contribution in [2.45, 2.75) is 44.8 Å². The van der Waals surface area contributed by atoms with Crippen molar-refractivity contribution < 1.29 is 14.2 Å². The largest absolute Gasteiger partial charge is 0.491 e. The first-order chi connectivity index (χ1) is 11.6. The van der Waals surface area contributed by atoms with Crippen LogP contribution in [-0.4, -0.2) is 36.5 Å². The van der Waals surface area contributed by atoms with Crippen molar-refractivity contribution in [3.05, 3.63) is 39.7 Å². The maximum absolute atomic E-state index is 11.7. The smallest absolute Gasteiger partial charge is 0.248 e. The van der Waals surface area contributed by atoms with E-state index in [1.807, 2.05) is 26.0 Å². The lowest BCUT2D eigenvalue weighted by Gasteiger charge is -2.49. The third-order valence-electron chi connectivity index (χ3n) is 5.28. The van der Waals surface area contributed by atoms with Crippen LogP contribution >= 0.6 is 0 Å². The van der Waals surface area contributed by atoms with Crippen LogP contribution in [0, 0.1) is 13.8 Å². The fourth-order valence-electron chi connectivity index (χ4n) is 3.87. The van der Waals surface area contributed by atoms with E-state index in [1.54, 1.807) is 6.07 Å². The van der Waals surface area contributed by atoms with E-state index in [9.17, 15) is 4.79 Å². The van der Waals surface area contributed by atoms with Gasteiger partial charge in [-0.05, 0) is 44.4 Å². The highest BCUT2D eigenvalue weighted by Crippen LogP contribution is 2.41. The van der Waals surface area contributed by atoms with Crippen molar-refractivity contribution in [3.63, 3.8) is 0 Å². The predicted octanol–water partition coefficient (Wildman–Crippen LogP) is 2.86. The number of ether oxygens (including phenoxy) is 3. The third kappa shape index (κ3) is 2.72. The van der Waals surface area contributed by atoms with Crippen molar-refractivity contribution >= 4 is 10.9 Å². The summed E-state index contributed by atoms with van der Waals surface area (Å²) in [5.41, 5.74) is 2.75. The summed E-state index contributed by atoms with van der Waals surface area (Å²) in [6, 6.07) is 5.61. The molecule has 0 amide bonds. The number of aryl methyl sites for hydroxylation is 2. The average Bonchev–Trinajstić information content (AvgIpc) is 2.54. The molecular weight excluding hydrogens is 306 g/mol. The first-order valence-corrected chi connectivity index (χ1v) is 8.58. The third-order valence-corrected chi connectivity index (χ3v) is 5.28. The predicted molar refractivity (Wildman–Crippen MR) is 91.8 cm³/mol. The molecule has 1 spiro atoms. The standard InChI is InChI=1S/C19H23NO4/c1-12-9-17(21)20-18-13(2)16(4-3-15(12)18)23-11-14-10-19(24-14)5-7-22-8-6-19/h3-4,9,14H,5-8,10-11H2,1-2H3,(H,20,21). The molecule has 5 heteroatoms. The van der Waals surface area contributed by atoms with Crippen molar-refractivity contribution in [1.82, 2.24) is 4.98 Å². The van der Waals surface area contributed by atoms with E-state index in [0.717, 1.165) is 60.3 Å². The molecule has 5 nitrogen and oxygen atoms in total. The molecule has 2 saturated heterocycles. The lowest BCUT2D eigenvalue weighted by molar-refractivity contribution is -0.243. The highest BCUT2D eigenvalue weighted by atomic mass is 16.6. The Hall–Kier alpha value is -1.85. The molecule has 0 saturated carbocycles. The van der Waals surface area contributed by atoms with Gasteiger partial charge in [0, 0.05) is 36.7 Å². The van der Waals surface area contributed by atoms with Crippen LogP contribution in [0.4, 0.5) is 0 Å². The molecule has 1 aromatic carbocycles. The zero-order valence-electron chi connectivity index (χ0n) is 14.2. The van der Waals surface area contributed by atoms with Gasteiger partial charge in [0.2, 0.25) is 5.56 Å². The fourth-order valence-corrected chi connectivity index (χ4v) is 3.87. The number of fused-ring (bicyclic) bond motifs is 1. The monoisotopic (exact) mass is 329 g/mol. The minimum absolute atomic E-state index is 0.0348. The van der Waals surface area contributed by atoms with Gasteiger partial charge >= 0.3 is 0 Å². The highest BCUT2D eigenvalue weighted by Gasteiger charge is 2.46. The number of hydrogen-bond donors (Lipinski definition) is 1. The molecule has 4 rings (SSSR count). The fraction of sp³-hybridized carbons (Fsp3) is 0.526. The summed E-state index contributed by atoms with van der Waals surface area (Å²) in [6.07, 6.45) is 3.16. The second kappa shape index (κ2) is 5.90. The topological polar surface area (TPSA) is 60.6 Å². The molecule has 0 aliphatic carbocycles. The Labute approximate surface area is 140 Å². The van der Waals surface area contributed by atoms with Crippen LogP contribution in [0.5, 0.6) is 5.75 Å². The van der Waals surface area contributed by atoms with Gasteiger partial charge in [0.05, 0.1) is 17.2 Å². The number of pyridine rings is 1. The quantitative estimate of drug-likeness (QED) is 0.941. The van der Waals surface area contributed by atoms with E-state index >= 15 is 0 Å². The van der Waals surface area contributed by atoms with Gasteiger partial charge in [-0.25, -0.2) is 0 Å². The summed E-state index contributed by atoms with van der Waals surface area (Å²) < 4.78 is 17.5. The molecule has 0 radical (unpaired) electrons. The Morgan fingerprint density at radius 2 is 2.04 bits per heavy atom. The molecule has 24 heavy (non-hydrogen) atoms. The van der Waals surface area contributed by atoms with Crippen molar-refractivity contribution in [2.24, 2.45) is 0 Å². The van der Waals surface area contributed by atoms with E-state index < -0.39 is 0 Å². The molecule has 1 aromatic heterocycles. The van der Waals surface area contributed by atoms with Crippen LogP contribution in [-0.2, 0) is 9.47 Å². The van der Waals surface area contributed by atoms with Gasteiger partial charge < -0.3 is 19.2 Å². The molecule has 128 valence electrons. The molecule has 2 aliphatic heterocycles. The van der Waals surface area contributed by atoms with Crippen LogP contribution in [0.15, 0.2) is 23.0 Å². The SMILES string of the molecule is Cc1cc(=O)[nH]c2c(C)c(OCC3CC4(CCOCC4)O3)ccc12. The minimum atomic E-state index is -0.0796. The summed E-state index contributed by atoms with van der Waals surface area (Å²) in [6.45, 7) is 6.07. The zero-order chi connectivity index (χ0) is 16.7. The Morgan fingerprint density at radius 3 is 2.79 bits per heavy atom. The van der Waals surface area contributed by atoms with Gasteiger partial charge in [0.15, 0.2) is 0 Å². The van der Waals surface area contributed by atoms with E-state index in [-0.39, 0.29) is 17.3 Å². The van der Waals surface area contributed by atoms with Crippen molar-refractivity contribution in [2.75, 3.05) is 19.8 Å². The molecule has 2 aliphatic rings. The number of nitrogens with one attached hydrogen (secondary N) is 1.